The Balaban J connectivity index is 2.73. The number of rotatable bonds is 1. The maximum Gasteiger partial charge on any atom is 0.159 e. The van der Waals surface area contributed by atoms with Gasteiger partial charge in [0.25, 0.3) is 0 Å². The van der Waals surface area contributed by atoms with E-state index in [-0.39, 0.29) is 11.6 Å². The molecule has 0 bridgehead atoms. The van der Waals surface area contributed by atoms with Crippen LogP contribution in [0.5, 0.6) is 0 Å². The smallest absolute Gasteiger partial charge is 0.159 e. The van der Waals surface area contributed by atoms with E-state index < -0.39 is 0 Å². The van der Waals surface area contributed by atoms with Crippen LogP contribution in [0.2, 0.25) is 0 Å². The molecule has 0 fully saturated rings. The second-order valence-electron chi connectivity index (χ2n) is 3.70. The van der Waals surface area contributed by atoms with Crippen molar-refractivity contribution in [1.29, 1.82) is 0 Å². The fourth-order valence-corrected chi connectivity index (χ4v) is 1.80. The van der Waals surface area contributed by atoms with Crippen molar-refractivity contribution in [3.8, 4) is 11.3 Å². The first-order valence-corrected chi connectivity index (χ1v) is 5.72. The highest BCUT2D eigenvalue weighted by Crippen LogP contribution is 2.35. The molecule has 0 saturated heterocycles. The van der Waals surface area contributed by atoms with E-state index in [1.165, 1.54) is 0 Å². The standard InChI is InChI=1S/C10H12BrN7/c11-8-10(16)18-9(15)7(17-8)4-1-3(12)2-5(13)6(4)14/h1-2H,12-14H2,(H4,15,16,18). The molecule has 0 amide bonds. The SMILES string of the molecule is Nc1cc(N)c(N)c(-c2nc(Br)c(N)nc2N)c1. The second-order valence-corrected chi connectivity index (χ2v) is 4.46. The number of benzene rings is 1. The summed E-state index contributed by atoms with van der Waals surface area (Å²) in [7, 11) is 0. The minimum absolute atomic E-state index is 0.160. The first-order valence-electron chi connectivity index (χ1n) is 4.93. The van der Waals surface area contributed by atoms with Crippen LogP contribution in [0, 0.1) is 0 Å². The van der Waals surface area contributed by atoms with Gasteiger partial charge in [-0.05, 0) is 28.1 Å². The molecule has 10 N–H and O–H groups in total. The Labute approximate surface area is 111 Å². The average molecular weight is 310 g/mol. The van der Waals surface area contributed by atoms with Crippen LogP contribution < -0.4 is 28.7 Å². The van der Waals surface area contributed by atoms with Crippen molar-refractivity contribution in [3.05, 3.63) is 16.7 Å². The Bertz CT molecular complexity index is 626. The summed E-state index contributed by atoms with van der Waals surface area (Å²) in [5.41, 5.74) is 30.8. The quantitative estimate of drug-likeness (QED) is 0.488. The average Bonchev–Trinajstić information content (AvgIpc) is 2.29. The molecule has 0 aliphatic rings. The van der Waals surface area contributed by atoms with Gasteiger partial charge in [0.1, 0.15) is 10.3 Å². The Morgan fingerprint density at radius 2 is 1.56 bits per heavy atom. The first-order chi connectivity index (χ1) is 8.40. The fourth-order valence-electron chi connectivity index (χ4n) is 1.53. The van der Waals surface area contributed by atoms with Crippen molar-refractivity contribution < 1.29 is 0 Å². The van der Waals surface area contributed by atoms with Crippen molar-refractivity contribution in [1.82, 2.24) is 9.97 Å². The maximum atomic E-state index is 5.89. The Morgan fingerprint density at radius 1 is 0.889 bits per heavy atom. The molecule has 0 atom stereocenters. The number of halogens is 1. The topological polar surface area (TPSA) is 156 Å². The van der Waals surface area contributed by atoms with Crippen LogP contribution in [0.4, 0.5) is 28.7 Å². The van der Waals surface area contributed by atoms with Crippen LogP contribution in [-0.4, -0.2) is 9.97 Å². The molecular formula is C10H12BrN7. The van der Waals surface area contributed by atoms with Gasteiger partial charge in [0.05, 0.1) is 11.4 Å². The number of anilines is 5. The van der Waals surface area contributed by atoms with E-state index in [0.29, 0.717) is 32.9 Å². The van der Waals surface area contributed by atoms with Gasteiger partial charge in [0.15, 0.2) is 11.6 Å². The van der Waals surface area contributed by atoms with Crippen LogP contribution in [-0.2, 0) is 0 Å². The lowest BCUT2D eigenvalue weighted by Crippen LogP contribution is -2.06. The lowest BCUT2D eigenvalue weighted by atomic mass is 10.1. The molecule has 0 aliphatic heterocycles. The fraction of sp³-hybridized carbons (Fsp3) is 0. The molecule has 0 spiro atoms. The molecular weight excluding hydrogens is 298 g/mol. The highest BCUT2D eigenvalue weighted by Gasteiger charge is 2.14. The van der Waals surface area contributed by atoms with Crippen LogP contribution in [0.15, 0.2) is 16.7 Å². The van der Waals surface area contributed by atoms with Gasteiger partial charge < -0.3 is 28.7 Å². The molecule has 0 radical (unpaired) electrons. The molecule has 94 valence electrons. The maximum absolute atomic E-state index is 5.89. The lowest BCUT2D eigenvalue weighted by molar-refractivity contribution is 1.19. The van der Waals surface area contributed by atoms with Crippen molar-refractivity contribution in [2.75, 3.05) is 28.7 Å². The Hall–Kier alpha value is -2.22. The summed E-state index contributed by atoms with van der Waals surface area (Å²) in [4.78, 5) is 8.16. The van der Waals surface area contributed by atoms with Gasteiger partial charge in [-0.1, -0.05) is 0 Å². The summed E-state index contributed by atoms with van der Waals surface area (Å²) in [5.74, 6) is 0.360. The predicted octanol–water partition coefficient (Wildman–Crippen LogP) is 0.817. The third-order valence-corrected chi connectivity index (χ3v) is 2.98. The summed E-state index contributed by atoms with van der Waals surface area (Å²) in [6.45, 7) is 0. The molecule has 1 aromatic heterocycles. The molecule has 18 heavy (non-hydrogen) atoms. The van der Waals surface area contributed by atoms with Crippen LogP contribution >= 0.6 is 15.9 Å². The van der Waals surface area contributed by atoms with Gasteiger partial charge in [-0.15, -0.1) is 0 Å². The third kappa shape index (κ3) is 1.97. The molecule has 1 aromatic carbocycles. The van der Waals surface area contributed by atoms with Gasteiger partial charge in [0.2, 0.25) is 0 Å². The Kier molecular flexibility index (Phi) is 2.87. The van der Waals surface area contributed by atoms with Gasteiger partial charge >= 0.3 is 0 Å². The highest BCUT2D eigenvalue weighted by atomic mass is 79.9. The summed E-state index contributed by atoms with van der Waals surface area (Å²) < 4.78 is 0.382. The van der Waals surface area contributed by atoms with Crippen molar-refractivity contribution in [2.24, 2.45) is 0 Å². The Morgan fingerprint density at radius 3 is 2.22 bits per heavy atom. The molecule has 8 heteroatoms. The monoisotopic (exact) mass is 309 g/mol. The molecule has 0 saturated carbocycles. The zero-order valence-electron chi connectivity index (χ0n) is 9.31. The van der Waals surface area contributed by atoms with E-state index in [0.717, 1.165) is 0 Å². The summed E-state index contributed by atoms with van der Waals surface area (Å²) in [6, 6.07) is 3.20. The van der Waals surface area contributed by atoms with Crippen molar-refractivity contribution in [2.45, 2.75) is 0 Å². The van der Waals surface area contributed by atoms with E-state index in [1.54, 1.807) is 12.1 Å². The van der Waals surface area contributed by atoms with E-state index in [2.05, 4.69) is 25.9 Å². The van der Waals surface area contributed by atoms with Gasteiger partial charge in [-0.25, -0.2) is 9.97 Å². The first kappa shape index (κ1) is 12.2. The zero-order chi connectivity index (χ0) is 13.4. The minimum atomic E-state index is 0.160. The molecule has 0 aliphatic carbocycles. The summed E-state index contributed by atoms with van der Waals surface area (Å²) >= 11 is 3.18. The third-order valence-electron chi connectivity index (χ3n) is 2.39. The van der Waals surface area contributed by atoms with Crippen LogP contribution in [0.3, 0.4) is 0 Å². The molecule has 0 unspecified atom stereocenters. The van der Waals surface area contributed by atoms with Crippen molar-refractivity contribution in [3.63, 3.8) is 0 Å². The van der Waals surface area contributed by atoms with Gasteiger partial charge in [0, 0.05) is 11.3 Å². The molecule has 2 aromatic rings. The van der Waals surface area contributed by atoms with Crippen molar-refractivity contribution >= 4 is 44.6 Å². The zero-order valence-corrected chi connectivity index (χ0v) is 10.9. The summed E-state index contributed by atoms with van der Waals surface area (Å²) in [5, 5.41) is 0. The van der Waals surface area contributed by atoms with E-state index in [4.69, 9.17) is 28.7 Å². The van der Waals surface area contributed by atoms with E-state index in [1.807, 2.05) is 0 Å². The highest BCUT2D eigenvalue weighted by molar-refractivity contribution is 9.10. The predicted molar refractivity (Wildman–Crippen MR) is 77.2 cm³/mol. The molecule has 1 heterocycles. The number of nitrogens with two attached hydrogens (primary N) is 5. The van der Waals surface area contributed by atoms with Crippen LogP contribution in [0.25, 0.3) is 11.3 Å². The van der Waals surface area contributed by atoms with Crippen LogP contribution in [0.1, 0.15) is 0 Å². The second kappa shape index (κ2) is 4.22. The van der Waals surface area contributed by atoms with E-state index >= 15 is 0 Å². The number of hydrogen-bond donors (Lipinski definition) is 5. The largest absolute Gasteiger partial charge is 0.399 e. The molecule has 2 rings (SSSR count). The number of aromatic nitrogens is 2. The number of hydrogen-bond acceptors (Lipinski definition) is 7. The minimum Gasteiger partial charge on any atom is -0.399 e. The number of nitrogen functional groups attached to an aromatic ring is 5. The van der Waals surface area contributed by atoms with Gasteiger partial charge in [-0.3, -0.25) is 0 Å². The molecule has 7 nitrogen and oxygen atoms in total. The summed E-state index contributed by atoms with van der Waals surface area (Å²) in [6.07, 6.45) is 0. The normalized spacial score (nSPS) is 10.5. The lowest BCUT2D eigenvalue weighted by Gasteiger charge is -2.11. The van der Waals surface area contributed by atoms with Gasteiger partial charge in [-0.2, -0.15) is 0 Å². The van der Waals surface area contributed by atoms with E-state index in [9.17, 15) is 0 Å². The number of nitrogens with zero attached hydrogens (tertiary/aromatic N) is 2.